The number of anilines is 1. The van der Waals surface area contributed by atoms with Gasteiger partial charge >= 0.3 is 6.03 Å². The van der Waals surface area contributed by atoms with Crippen molar-refractivity contribution in [1.29, 1.82) is 0 Å². The van der Waals surface area contributed by atoms with Gasteiger partial charge in [0, 0.05) is 44.3 Å². The van der Waals surface area contributed by atoms with Crippen molar-refractivity contribution in [3.8, 4) is 16.9 Å². The Hall–Kier alpha value is -2.57. The lowest BCUT2D eigenvalue weighted by molar-refractivity contribution is 0.119. The minimum atomic E-state index is -0.0282. The zero-order valence-corrected chi connectivity index (χ0v) is 16.4. The average molecular weight is 380 g/mol. The summed E-state index contributed by atoms with van der Waals surface area (Å²) >= 11 is 0. The SMILES string of the molecule is COc1cccc(-c2ccccc2NC(=O)N2CCN([C@@H]3CCNC3)CC2)c1. The van der Waals surface area contributed by atoms with Crippen LogP contribution >= 0.6 is 0 Å². The monoisotopic (exact) mass is 380 g/mol. The van der Waals surface area contributed by atoms with Crippen molar-refractivity contribution < 1.29 is 9.53 Å². The first-order valence-corrected chi connectivity index (χ1v) is 9.99. The molecule has 2 aliphatic rings. The Kier molecular flexibility index (Phi) is 5.78. The number of ether oxygens (including phenoxy) is 1. The fourth-order valence-corrected chi connectivity index (χ4v) is 4.07. The van der Waals surface area contributed by atoms with Crippen LogP contribution in [-0.2, 0) is 0 Å². The molecule has 0 saturated carbocycles. The van der Waals surface area contributed by atoms with Gasteiger partial charge in [0.2, 0.25) is 0 Å². The summed E-state index contributed by atoms with van der Waals surface area (Å²) in [6, 6.07) is 16.4. The first kappa shape index (κ1) is 18.8. The van der Waals surface area contributed by atoms with Gasteiger partial charge in [0.1, 0.15) is 5.75 Å². The molecule has 2 saturated heterocycles. The number of piperazine rings is 1. The van der Waals surface area contributed by atoms with E-state index in [9.17, 15) is 4.79 Å². The fraction of sp³-hybridized carbons (Fsp3) is 0.409. The molecule has 28 heavy (non-hydrogen) atoms. The lowest BCUT2D eigenvalue weighted by Crippen LogP contribution is -2.53. The first-order valence-electron chi connectivity index (χ1n) is 9.99. The molecule has 2 fully saturated rings. The number of nitrogens with zero attached hydrogens (tertiary/aromatic N) is 2. The predicted octanol–water partition coefficient (Wildman–Crippen LogP) is 2.87. The Balaban J connectivity index is 1.42. The van der Waals surface area contributed by atoms with Crippen molar-refractivity contribution in [2.24, 2.45) is 0 Å². The minimum Gasteiger partial charge on any atom is -0.497 e. The molecule has 1 atom stereocenters. The Bertz CT molecular complexity index is 812. The van der Waals surface area contributed by atoms with E-state index >= 15 is 0 Å². The first-order chi connectivity index (χ1) is 13.7. The number of hydrogen-bond donors (Lipinski definition) is 2. The number of hydrogen-bond acceptors (Lipinski definition) is 4. The van der Waals surface area contributed by atoms with E-state index < -0.39 is 0 Å². The molecule has 148 valence electrons. The molecule has 0 spiro atoms. The molecule has 0 aliphatic carbocycles. The molecule has 2 amide bonds. The van der Waals surface area contributed by atoms with E-state index in [1.54, 1.807) is 7.11 Å². The summed E-state index contributed by atoms with van der Waals surface area (Å²) in [4.78, 5) is 17.3. The third kappa shape index (κ3) is 4.13. The van der Waals surface area contributed by atoms with E-state index in [1.165, 1.54) is 6.42 Å². The number of methoxy groups -OCH3 is 1. The van der Waals surface area contributed by atoms with E-state index in [-0.39, 0.29) is 6.03 Å². The highest BCUT2D eigenvalue weighted by molar-refractivity contribution is 5.94. The van der Waals surface area contributed by atoms with Crippen molar-refractivity contribution in [1.82, 2.24) is 15.1 Å². The van der Waals surface area contributed by atoms with Crippen LogP contribution in [0.5, 0.6) is 5.75 Å². The van der Waals surface area contributed by atoms with Crippen LogP contribution < -0.4 is 15.4 Å². The zero-order chi connectivity index (χ0) is 19.3. The third-order valence-corrected chi connectivity index (χ3v) is 5.70. The van der Waals surface area contributed by atoms with Crippen molar-refractivity contribution in [2.45, 2.75) is 12.5 Å². The van der Waals surface area contributed by atoms with Crippen molar-refractivity contribution in [2.75, 3.05) is 51.7 Å². The Morgan fingerprint density at radius 2 is 1.93 bits per heavy atom. The molecular formula is C22H28N4O2. The van der Waals surface area contributed by atoms with Crippen LogP contribution in [0.4, 0.5) is 10.5 Å². The molecule has 6 heteroatoms. The van der Waals surface area contributed by atoms with Crippen molar-refractivity contribution in [3.05, 3.63) is 48.5 Å². The topological polar surface area (TPSA) is 56.8 Å². The van der Waals surface area contributed by atoms with Gasteiger partial charge < -0.3 is 20.3 Å². The number of urea groups is 1. The molecule has 0 aromatic heterocycles. The van der Waals surface area contributed by atoms with Crippen LogP contribution in [0.25, 0.3) is 11.1 Å². The van der Waals surface area contributed by atoms with E-state index in [0.29, 0.717) is 6.04 Å². The average Bonchev–Trinajstić information content (AvgIpc) is 3.29. The van der Waals surface area contributed by atoms with Gasteiger partial charge in [-0.1, -0.05) is 30.3 Å². The van der Waals surface area contributed by atoms with Gasteiger partial charge in [0.25, 0.3) is 0 Å². The van der Waals surface area contributed by atoms with Gasteiger partial charge in [-0.15, -0.1) is 0 Å². The number of rotatable bonds is 4. The number of carbonyl (C=O) groups is 1. The van der Waals surface area contributed by atoms with E-state index in [1.807, 2.05) is 53.4 Å². The molecule has 2 aliphatic heterocycles. The van der Waals surface area contributed by atoms with E-state index in [4.69, 9.17) is 4.74 Å². The molecule has 6 nitrogen and oxygen atoms in total. The van der Waals surface area contributed by atoms with Gasteiger partial charge in [-0.2, -0.15) is 0 Å². The highest BCUT2D eigenvalue weighted by Crippen LogP contribution is 2.30. The summed E-state index contributed by atoms with van der Waals surface area (Å²) in [5.41, 5.74) is 2.84. The van der Waals surface area contributed by atoms with E-state index in [0.717, 1.165) is 61.8 Å². The summed E-state index contributed by atoms with van der Waals surface area (Å²) in [7, 11) is 1.66. The summed E-state index contributed by atoms with van der Waals surface area (Å²) < 4.78 is 5.34. The summed E-state index contributed by atoms with van der Waals surface area (Å²) in [5.74, 6) is 0.802. The van der Waals surface area contributed by atoms with Crippen LogP contribution in [0.15, 0.2) is 48.5 Å². The molecule has 4 rings (SSSR count). The summed E-state index contributed by atoms with van der Waals surface area (Å²) in [6.07, 6.45) is 1.21. The second kappa shape index (κ2) is 8.63. The van der Waals surface area contributed by atoms with Crippen LogP contribution in [0, 0.1) is 0 Å². The standard InChI is InChI=1S/C22H28N4O2/c1-28-19-6-4-5-17(15-19)20-7-2-3-8-21(20)24-22(27)26-13-11-25(12-14-26)18-9-10-23-16-18/h2-8,15,18,23H,9-14,16H2,1H3,(H,24,27)/t18-/m1/s1. The maximum atomic E-state index is 12.9. The molecule has 0 unspecified atom stereocenters. The predicted molar refractivity (Wildman–Crippen MR) is 112 cm³/mol. The van der Waals surface area contributed by atoms with E-state index in [2.05, 4.69) is 15.5 Å². The fourth-order valence-electron chi connectivity index (χ4n) is 4.07. The summed E-state index contributed by atoms with van der Waals surface area (Å²) in [6.45, 7) is 5.59. The molecule has 2 heterocycles. The minimum absolute atomic E-state index is 0.0282. The number of benzene rings is 2. The molecule has 2 N–H and O–H groups in total. The quantitative estimate of drug-likeness (QED) is 0.856. The van der Waals surface area contributed by atoms with Crippen LogP contribution in [0.1, 0.15) is 6.42 Å². The second-order valence-electron chi connectivity index (χ2n) is 7.38. The lowest BCUT2D eigenvalue weighted by Gasteiger charge is -2.37. The summed E-state index contributed by atoms with van der Waals surface area (Å²) in [5, 5.41) is 6.54. The zero-order valence-electron chi connectivity index (χ0n) is 16.4. The molecule has 0 bridgehead atoms. The smallest absolute Gasteiger partial charge is 0.321 e. The number of nitrogens with one attached hydrogen (secondary N) is 2. The highest BCUT2D eigenvalue weighted by Gasteiger charge is 2.28. The third-order valence-electron chi connectivity index (χ3n) is 5.70. The molecular weight excluding hydrogens is 352 g/mol. The second-order valence-corrected chi connectivity index (χ2v) is 7.38. The van der Waals surface area contributed by atoms with Gasteiger partial charge in [-0.05, 0) is 36.7 Å². The van der Waals surface area contributed by atoms with Crippen LogP contribution in [0.3, 0.4) is 0 Å². The normalized spacial score (nSPS) is 20.2. The molecule has 2 aromatic rings. The Morgan fingerprint density at radius 1 is 1.11 bits per heavy atom. The Labute approximate surface area is 166 Å². The molecule has 2 aromatic carbocycles. The van der Waals surface area contributed by atoms with Gasteiger partial charge in [-0.25, -0.2) is 4.79 Å². The maximum Gasteiger partial charge on any atom is 0.321 e. The van der Waals surface area contributed by atoms with Crippen LogP contribution in [-0.4, -0.2) is 68.3 Å². The highest BCUT2D eigenvalue weighted by atomic mass is 16.5. The maximum absolute atomic E-state index is 12.9. The number of para-hydroxylation sites is 1. The molecule has 0 radical (unpaired) electrons. The van der Waals surface area contributed by atoms with Crippen molar-refractivity contribution in [3.63, 3.8) is 0 Å². The van der Waals surface area contributed by atoms with Gasteiger partial charge in [-0.3, -0.25) is 4.90 Å². The lowest BCUT2D eigenvalue weighted by atomic mass is 10.0. The van der Waals surface area contributed by atoms with Gasteiger partial charge in [0.15, 0.2) is 0 Å². The number of amides is 2. The van der Waals surface area contributed by atoms with Crippen LogP contribution in [0.2, 0.25) is 0 Å². The van der Waals surface area contributed by atoms with Gasteiger partial charge in [0.05, 0.1) is 12.8 Å². The van der Waals surface area contributed by atoms with Crippen molar-refractivity contribution >= 4 is 11.7 Å². The largest absolute Gasteiger partial charge is 0.497 e. The number of carbonyl (C=O) groups excluding carboxylic acids is 1. The Morgan fingerprint density at radius 3 is 2.68 bits per heavy atom.